The van der Waals surface area contributed by atoms with E-state index < -0.39 is 8.32 Å². The fourth-order valence-corrected chi connectivity index (χ4v) is 6.22. The van der Waals surface area contributed by atoms with E-state index in [0.717, 1.165) is 57.8 Å². The predicted octanol–water partition coefficient (Wildman–Crippen LogP) is 8.32. The van der Waals surface area contributed by atoms with Crippen molar-refractivity contribution in [1.82, 2.24) is 0 Å². The van der Waals surface area contributed by atoms with Crippen LogP contribution in [0.25, 0.3) is 0 Å². The third kappa shape index (κ3) is 9.99. The number of ether oxygens (including phenoxy) is 1. The zero-order valence-electron chi connectivity index (χ0n) is 23.4. The number of cyclic esters (lactones) is 1. The Kier molecular flexibility index (Phi) is 12.5. The first-order chi connectivity index (χ1) is 16.5. The van der Waals surface area contributed by atoms with Crippen LogP contribution in [-0.2, 0) is 18.8 Å². The quantitative estimate of drug-likeness (QED) is 0.158. The fraction of sp³-hybridized carbons (Fsp3) is 0.800. The molecule has 2 rings (SSSR count). The molecule has 2 aliphatic rings. The first kappa shape index (κ1) is 30.0. The predicted molar refractivity (Wildman–Crippen MR) is 148 cm³/mol. The van der Waals surface area contributed by atoms with Crippen molar-refractivity contribution in [3.05, 3.63) is 24.3 Å². The molecule has 0 unspecified atom stereocenters. The van der Waals surface area contributed by atoms with E-state index in [9.17, 15) is 9.59 Å². The SMILES string of the molecule is CCCCC[C@H]1/C=C/[C@H]2[C@H](O[Si](C)(C)C(C)(C)C)CC(=O)[C@@H]2C/C=C\CCCCCCCC(=O)O1. The molecule has 4 nitrogen and oxygen atoms in total. The normalized spacial score (nSPS) is 29.8. The van der Waals surface area contributed by atoms with E-state index in [4.69, 9.17) is 9.16 Å². The van der Waals surface area contributed by atoms with Gasteiger partial charge < -0.3 is 9.16 Å². The summed E-state index contributed by atoms with van der Waals surface area (Å²) in [5.41, 5.74) is 0. The van der Waals surface area contributed by atoms with Crippen molar-refractivity contribution in [3.63, 3.8) is 0 Å². The Balaban J connectivity index is 2.29. The molecule has 5 heteroatoms. The summed E-state index contributed by atoms with van der Waals surface area (Å²) in [5, 5.41) is 0.0901. The first-order valence-corrected chi connectivity index (χ1v) is 17.2. The number of rotatable bonds is 6. The summed E-state index contributed by atoms with van der Waals surface area (Å²) in [5.74, 6) is 0.199. The number of carbonyl (C=O) groups excluding carboxylic acids is 2. The molecule has 0 aromatic carbocycles. The van der Waals surface area contributed by atoms with E-state index in [-0.39, 0.29) is 35.1 Å². The van der Waals surface area contributed by atoms with E-state index in [2.05, 4.69) is 65.1 Å². The van der Waals surface area contributed by atoms with Gasteiger partial charge in [0.25, 0.3) is 0 Å². The lowest BCUT2D eigenvalue weighted by Crippen LogP contribution is -2.45. The molecule has 0 aromatic heterocycles. The molecule has 1 aliphatic carbocycles. The van der Waals surface area contributed by atoms with Crippen molar-refractivity contribution >= 4 is 20.1 Å². The van der Waals surface area contributed by atoms with Crippen LogP contribution in [-0.4, -0.2) is 32.3 Å². The van der Waals surface area contributed by atoms with Gasteiger partial charge in [0, 0.05) is 24.7 Å². The first-order valence-electron chi connectivity index (χ1n) is 14.3. The Bertz CT molecular complexity index is 718. The molecule has 0 amide bonds. The maximum atomic E-state index is 13.2. The van der Waals surface area contributed by atoms with Crippen molar-refractivity contribution in [1.29, 1.82) is 0 Å². The van der Waals surface area contributed by atoms with Crippen LogP contribution in [0.3, 0.4) is 0 Å². The monoisotopic (exact) mass is 504 g/mol. The second-order valence-electron chi connectivity index (χ2n) is 12.2. The molecular formula is C30H52O4Si. The lowest BCUT2D eigenvalue weighted by Gasteiger charge is -2.39. The molecular weight excluding hydrogens is 452 g/mol. The Morgan fingerprint density at radius 3 is 2.43 bits per heavy atom. The fourth-order valence-electron chi connectivity index (χ4n) is 4.87. The minimum atomic E-state index is -2.02. The summed E-state index contributed by atoms with van der Waals surface area (Å²) in [6.07, 6.45) is 20.9. The van der Waals surface area contributed by atoms with Crippen LogP contribution in [0.1, 0.15) is 111 Å². The Labute approximate surface area is 216 Å². The highest BCUT2D eigenvalue weighted by atomic mass is 28.4. The zero-order chi connectivity index (χ0) is 25.9. The van der Waals surface area contributed by atoms with E-state index in [0.29, 0.717) is 18.6 Å². The van der Waals surface area contributed by atoms with Gasteiger partial charge in [-0.05, 0) is 62.7 Å². The maximum absolute atomic E-state index is 13.2. The molecule has 1 fully saturated rings. The lowest BCUT2D eigenvalue weighted by atomic mass is 9.90. The van der Waals surface area contributed by atoms with Crippen molar-refractivity contribution in [3.8, 4) is 0 Å². The highest BCUT2D eigenvalue weighted by molar-refractivity contribution is 6.74. The van der Waals surface area contributed by atoms with Gasteiger partial charge in [-0.1, -0.05) is 78.0 Å². The molecule has 200 valence electrons. The van der Waals surface area contributed by atoms with Crippen LogP contribution in [0, 0.1) is 11.8 Å². The van der Waals surface area contributed by atoms with Crippen LogP contribution in [0.5, 0.6) is 0 Å². The highest BCUT2D eigenvalue weighted by Crippen LogP contribution is 2.43. The number of allylic oxidation sites excluding steroid dienone is 2. The minimum Gasteiger partial charge on any atom is -0.458 e. The van der Waals surface area contributed by atoms with E-state index >= 15 is 0 Å². The summed E-state index contributed by atoms with van der Waals surface area (Å²) >= 11 is 0. The zero-order valence-corrected chi connectivity index (χ0v) is 24.4. The minimum absolute atomic E-state index is 0.0318. The van der Waals surface area contributed by atoms with E-state index in [1.165, 1.54) is 12.8 Å². The Hall–Kier alpha value is -1.20. The van der Waals surface area contributed by atoms with Crippen LogP contribution >= 0.6 is 0 Å². The highest BCUT2D eigenvalue weighted by Gasteiger charge is 2.46. The van der Waals surface area contributed by atoms with Gasteiger partial charge >= 0.3 is 5.97 Å². The summed E-state index contributed by atoms with van der Waals surface area (Å²) in [6.45, 7) is 13.5. The topological polar surface area (TPSA) is 52.6 Å². The lowest BCUT2D eigenvalue weighted by molar-refractivity contribution is -0.147. The van der Waals surface area contributed by atoms with Gasteiger partial charge in [0.2, 0.25) is 0 Å². The molecule has 0 spiro atoms. The van der Waals surface area contributed by atoms with Gasteiger partial charge in [-0.15, -0.1) is 0 Å². The maximum Gasteiger partial charge on any atom is 0.306 e. The van der Waals surface area contributed by atoms with Crippen molar-refractivity contribution in [2.75, 3.05) is 0 Å². The molecule has 4 atom stereocenters. The molecule has 0 radical (unpaired) electrons. The standard InChI is InChI=1S/C30H52O4Si/c1-7-8-15-18-24-21-22-26-25(27(31)23-28(26)34-35(5,6)30(2,3)4)19-16-13-11-9-10-12-14-17-20-29(32)33-24/h13,16,21-22,24-26,28H,7-12,14-15,17-20,23H2,1-6H3/b16-13-,22-21+/t24-,25+,26+,28+/m0/s1. The number of carbonyl (C=O) groups is 2. The molecule has 1 aliphatic heterocycles. The van der Waals surface area contributed by atoms with Crippen LogP contribution < -0.4 is 0 Å². The average Bonchev–Trinajstić information content (AvgIpc) is 3.05. The van der Waals surface area contributed by atoms with Gasteiger partial charge in [0.05, 0.1) is 6.10 Å². The molecule has 0 saturated heterocycles. The molecule has 1 heterocycles. The molecule has 35 heavy (non-hydrogen) atoms. The number of hydrogen-bond donors (Lipinski definition) is 0. The second-order valence-corrected chi connectivity index (χ2v) is 16.9. The number of esters is 1. The number of hydrogen-bond acceptors (Lipinski definition) is 4. The van der Waals surface area contributed by atoms with E-state index in [1.807, 2.05) is 0 Å². The van der Waals surface area contributed by atoms with Crippen molar-refractivity contribution in [2.24, 2.45) is 11.8 Å². The average molecular weight is 505 g/mol. The smallest absolute Gasteiger partial charge is 0.306 e. The van der Waals surface area contributed by atoms with Gasteiger partial charge in [-0.3, -0.25) is 9.59 Å². The number of ketones is 1. The summed E-state index contributed by atoms with van der Waals surface area (Å²) < 4.78 is 12.7. The van der Waals surface area contributed by atoms with Gasteiger partial charge in [-0.25, -0.2) is 0 Å². The summed E-state index contributed by atoms with van der Waals surface area (Å²) in [4.78, 5) is 25.7. The molecule has 0 bridgehead atoms. The Morgan fingerprint density at radius 2 is 1.71 bits per heavy atom. The molecule has 0 aromatic rings. The van der Waals surface area contributed by atoms with Crippen molar-refractivity contribution < 1.29 is 18.8 Å². The molecule has 1 saturated carbocycles. The third-order valence-electron chi connectivity index (χ3n) is 8.19. The van der Waals surface area contributed by atoms with Crippen LogP contribution in [0.2, 0.25) is 18.1 Å². The van der Waals surface area contributed by atoms with E-state index in [1.54, 1.807) is 0 Å². The van der Waals surface area contributed by atoms with Gasteiger partial charge in [-0.2, -0.15) is 0 Å². The second kappa shape index (κ2) is 14.5. The number of unbranched alkanes of at least 4 members (excludes halogenated alkanes) is 2. The van der Waals surface area contributed by atoms with Crippen LogP contribution in [0.15, 0.2) is 24.3 Å². The van der Waals surface area contributed by atoms with Crippen molar-refractivity contribution in [2.45, 2.75) is 142 Å². The Morgan fingerprint density at radius 1 is 1.00 bits per heavy atom. The van der Waals surface area contributed by atoms with Crippen LogP contribution in [0.4, 0.5) is 0 Å². The number of Topliss-reactive ketones (excluding diaryl/α,β-unsaturated/α-hetero) is 1. The van der Waals surface area contributed by atoms with Gasteiger partial charge in [0.1, 0.15) is 11.9 Å². The number of fused-ring (bicyclic) bond motifs is 1. The molecule has 0 N–H and O–H groups in total. The van der Waals surface area contributed by atoms with Gasteiger partial charge in [0.15, 0.2) is 8.32 Å². The largest absolute Gasteiger partial charge is 0.458 e. The summed E-state index contributed by atoms with van der Waals surface area (Å²) in [7, 11) is -2.02. The third-order valence-corrected chi connectivity index (χ3v) is 12.7. The summed E-state index contributed by atoms with van der Waals surface area (Å²) in [6, 6.07) is 0.